The summed E-state index contributed by atoms with van der Waals surface area (Å²) in [4.78, 5) is 19.0. The van der Waals surface area contributed by atoms with Gasteiger partial charge >= 0.3 is 0 Å². The fourth-order valence-electron chi connectivity index (χ4n) is 4.19. The first kappa shape index (κ1) is 18.4. The van der Waals surface area contributed by atoms with Crippen LogP contribution in [0.5, 0.6) is 0 Å². The van der Waals surface area contributed by atoms with Crippen molar-refractivity contribution in [2.45, 2.75) is 32.4 Å². The van der Waals surface area contributed by atoms with Gasteiger partial charge in [-0.1, -0.05) is 24.3 Å². The highest BCUT2D eigenvalue weighted by Crippen LogP contribution is 2.31. The van der Waals surface area contributed by atoms with E-state index in [1.807, 2.05) is 31.2 Å². The number of rotatable bonds is 4. The monoisotopic (exact) mass is 398 g/mol. The Balaban J connectivity index is 1.49. The van der Waals surface area contributed by atoms with Crippen LogP contribution < -0.4 is 10.5 Å². The largest absolute Gasteiger partial charge is 0.350 e. The van der Waals surface area contributed by atoms with E-state index < -0.39 is 0 Å². The van der Waals surface area contributed by atoms with E-state index in [1.165, 1.54) is 0 Å². The molecule has 3 aromatic heterocycles. The normalized spacial score (nSPS) is 16.3. The Hall–Kier alpha value is -3.61. The molecule has 1 fully saturated rings. The van der Waals surface area contributed by atoms with Crippen molar-refractivity contribution in [2.24, 2.45) is 0 Å². The third-order valence-electron chi connectivity index (χ3n) is 5.71. The van der Waals surface area contributed by atoms with Gasteiger partial charge < -0.3 is 4.90 Å². The smallest absolute Gasteiger partial charge is 0.266 e. The van der Waals surface area contributed by atoms with Crippen molar-refractivity contribution in [2.75, 3.05) is 11.4 Å². The van der Waals surface area contributed by atoms with Gasteiger partial charge in [-0.3, -0.25) is 9.78 Å². The topological polar surface area (TPSA) is 76.8 Å². The fourth-order valence-corrected chi connectivity index (χ4v) is 4.19. The number of hydrogen-bond acceptors (Lipinski definition) is 6. The maximum atomic E-state index is 12.5. The molecular weight excluding hydrogens is 376 g/mol. The molecule has 0 saturated carbocycles. The van der Waals surface area contributed by atoms with E-state index in [0.29, 0.717) is 6.54 Å². The first-order valence-electron chi connectivity index (χ1n) is 10.2. The lowest BCUT2D eigenvalue weighted by Gasteiger charge is -2.26. The Labute approximate surface area is 174 Å². The summed E-state index contributed by atoms with van der Waals surface area (Å²) in [6, 6.07) is 15.5. The first-order chi connectivity index (χ1) is 14.7. The summed E-state index contributed by atoms with van der Waals surface area (Å²) in [5.41, 5.74) is 2.46. The quantitative estimate of drug-likeness (QED) is 0.525. The molecule has 1 aliphatic rings. The molecule has 4 heterocycles. The summed E-state index contributed by atoms with van der Waals surface area (Å²) in [6.07, 6.45) is 5.51. The number of hydrogen-bond donors (Lipinski definition) is 0. The number of aryl methyl sites for hydroxylation is 1. The first-order valence-corrected chi connectivity index (χ1v) is 10.2. The lowest BCUT2D eigenvalue weighted by Crippen LogP contribution is -2.37. The second-order valence-electron chi connectivity index (χ2n) is 7.62. The van der Waals surface area contributed by atoms with E-state index in [2.05, 4.69) is 37.3 Å². The summed E-state index contributed by atoms with van der Waals surface area (Å²) in [5.74, 6) is 0.884. The van der Waals surface area contributed by atoms with Crippen LogP contribution in [0.25, 0.3) is 22.0 Å². The number of aromatic nitrogens is 5. The fraction of sp³-hybridized carbons (Fsp3) is 0.261. The molecule has 7 heteroatoms. The minimum atomic E-state index is -0.102. The van der Waals surface area contributed by atoms with Gasteiger partial charge in [-0.05, 0) is 38.0 Å². The van der Waals surface area contributed by atoms with Gasteiger partial charge in [0.15, 0.2) is 5.82 Å². The van der Waals surface area contributed by atoms with Crippen molar-refractivity contribution in [3.05, 3.63) is 77.0 Å². The molecule has 0 amide bonds. The van der Waals surface area contributed by atoms with Gasteiger partial charge in [-0.25, -0.2) is 4.68 Å². The van der Waals surface area contributed by atoms with Crippen molar-refractivity contribution < 1.29 is 0 Å². The molecule has 0 spiro atoms. The van der Waals surface area contributed by atoms with Crippen LogP contribution in [-0.2, 0) is 6.54 Å². The van der Waals surface area contributed by atoms with E-state index in [1.54, 1.807) is 29.2 Å². The Morgan fingerprint density at radius 2 is 1.90 bits per heavy atom. The molecule has 1 saturated heterocycles. The zero-order valence-corrected chi connectivity index (χ0v) is 16.8. The predicted octanol–water partition coefficient (Wildman–Crippen LogP) is 3.23. The molecule has 0 radical (unpaired) electrons. The van der Waals surface area contributed by atoms with Gasteiger partial charge in [0, 0.05) is 41.3 Å². The highest BCUT2D eigenvalue weighted by atomic mass is 16.1. The van der Waals surface area contributed by atoms with Crippen molar-refractivity contribution >= 4 is 16.6 Å². The lowest BCUT2D eigenvalue weighted by atomic mass is 10.1. The number of fused-ring (bicyclic) bond motifs is 1. The van der Waals surface area contributed by atoms with E-state index in [-0.39, 0.29) is 11.6 Å². The summed E-state index contributed by atoms with van der Waals surface area (Å²) < 4.78 is 1.56. The molecule has 0 aliphatic carbocycles. The Morgan fingerprint density at radius 3 is 2.73 bits per heavy atom. The van der Waals surface area contributed by atoms with Gasteiger partial charge in [-0.2, -0.15) is 10.2 Å². The lowest BCUT2D eigenvalue weighted by molar-refractivity contribution is 0.488. The Morgan fingerprint density at radius 1 is 1.03 bits per heavy atom. The highest BCUT2D eigenvalue weighted by molar-refractivity contribution is 5.93. The number of benzene rings is 1. The maximum Gasteiger partial charge on any atom is 0.266 e. The third-order valence-corrected chi connectivity index (χ3v) is 5.71. The Kier molecular flexibility index (Phi) is 4.71. The zero-order chi connectivity index (χ0) is 20.5. The van der Waals surface area contributed by atoms with Crippen LogP contribution in [-0.4, -0.2) is 37.5 Å². The predicted molar refractivity (Wildman–Crippen MR) is 116 cm³/mol. The number of pyridine rings is 1. The number of nitrogens with zero attached hydrogens (tertiary/aromatic N) is 6. The van der Waals surface area contributed by atoms with Crippen molar-refractivity contribution in [3.63, 3.8) is 0 Å². The summed E-state index contributed by atoms with van der Waals surface area (Å²) >= 11 is 0. The average Bonchev–Trinajstić information content (AvgIpc) is 3.24. The van der Waals surface area contributed by atoms with Crippen molar-refractivity contribution in [1.29, 1.82) is 0 Å². The van der Waals surface area contributed by atoms with Crippen LogP contribution in [0.4, 0.5) is 5.82 Å². The van der Waals surface area contributed by atoms with E-state index in [9.17, 15) is 4.79 Å². The van der Waals surface area contributed by atoms with E-state index >= 15 is 0 Å². The molecule has 30 heavy (non-hydrogen) atoms. The summed E-state index contributed by atoms with van der Waals surface area (Å²) in [7, 11) is 0. The Bertz CT molecular complexity index is 1250. The molecule has 5 rings (SSSR count). The molecule has 4 aromatic rings. The summed E-state index contributed by atoms with van der Waals surface area (Å²) in [6.45, 7) is 3.38. The van der Waals surface area contributed by atoms with Crippen molar-refractivity contribution in [3.8, 4) is 11.3 Å². The minimum Gasteiger partial charge on any atom is -0.350 e. The molecular formula is C23H22N6O. The van der Waals surface area contributed by atoms with Crippen LogP contribution in [0, 0.1) is 6.92 Å². The van der Waals surface area contributed by atoms with Gasteiger partial charge in [0.1, 0.15) is 0 Å². The average molecular weight is 398 g/mol. The van der Waals surface area contributed by atoms with Gasteiger partial charge in [0.2, 0.25) is 0 Å². The van der Waals surface area contributed by atoms with E-state index in [4.69, 9.17) is 0 Å². The molecule has 7 nitrogen and oxygen atoms in total. The molecule has 150 valence electrons. The molecule has 1 atom stereocenters. The third kappa shape index (κ3) is 3.32. The zero-order valence-electron chi connectivity index (χ0n) is 16.8. The highest BCUT2D eigenvalue weighted by Gasteiger charge is 2.28. The number of anilines is 1. The van der Waals surface area contributed by atoms with E-state index in [0.717, 1.165) is 52.9 Å². The second-order valence-corrected chi connectivity index (χ2v) is 7.62. The molecule has 1 unspecified atom stereocenters. The van der Waals surface area contributed by atoms with Gasteiger partial charge in [0.25, 0.3) is 5.56 Å². The van der Waals surface area contributed by atoms with Gasteiger partial charge in [-0.15, -0.1) is 5.10 Å². The maximum absolute atomic E-state index is 12.5. The molecule has 0 N–H and O–H groups in total. The van der Waals surface area contributed by atoms with Crippen LogP contribution in [0.15, 0.2) is 65.7 Å². The minimum absolute atomic E-state index is 0.102. The van der Waals surface area contributed by atoms with Crippen LogP contribution in [0.1, 0.15) is 18.5 Å². The van der Waals surface area contributed by atoms with Gasteiger partial charge in [0.05, 0.1) is 24.0 Å². The second kappa shape index (κ2) is 7.67. The van der Waals surface area contributed by atoms with Crippen LogP contribution in [0.2, 0.25) is 0 Å². The molecule has 1 aliphatic heterocycles. The van der Waals surface area contributed by atoms with Crippen molar-refractivity contribution in [1.82, 2.24) is 25.0 Å². The van der Waals surface area contributed by atoms with Crippen LogP contribution in [0.3, 0.4) is 0 Å². The van der Waals surface area contributed by atoms with Crippen LogP contribution >= 0.6 is 0 Å². The molecule has 0 bridgehead atoms. The standard InChI is InChI=1S/C23H22N6O/c1-16-19-8-2-3-9-20(19)23(26-25-16)28-13-5-7-18(28)15-29-22(30)11-10-21(27-29)17-6-4-12-24-14-17/h2-4,6,8-12,14,18H,5,7,13,15H2,1H3. The summed E-state index contributed by atoms with van der Waals surface area (Å²) in [5, 5.41) is 15.7. The molecule has 1 aromatic carbocycles. The SMILES string of the molecule is Cc1nnc(N2CCCC2Cn2nc(-c3cccnc3)ccc2=O)c2ccccc12.